The van der Waals surface area contributed by atoms with Gasteiger partial charge in [-0.3, -0.25) is 4.79 Å². The first-order valence-corrected chi connectivity index (χ1v) is 6.46. The molecule has 0 spiro atoms. The highest BCUT2D eigenvalue weighted by atomic mass is 32.1. The molecule has 16 heavy (non-hydrogen) atoms. The lowest BCUT2D eigenvalue weighted by molar-refractivity contribution is 0.0656. The number of hydrogen-bond acceptors (Lipinski definition) is 3. The van der Waals surface area contributed by atoms with E-state index in [0.29, 0.717) is 0 Å². The van der Waals surface area contributed by atoms with E-state index in [2.05, 4.69) is 19.2 Å². The normalized spacial score (nSPS) is 19.8. The number of thiophene rings is 1. The summed E-state index contributed by atoms with van der Waals surface area (Å²) in [5.74, 6) is 0.182. The van der Waals surface area contributed by atoms with Crippen LogP contribution in [0.25, 0.3) is 0 Å². The SMILES string of the molecule is Cc1ccsc1C(=O)N1CCNC(C)(C)C1. The number of carbonyl (C=O) groups is 1. The van der Waals surface area contributed by atoms with Gasteiger partial charge in [0.1, 0.15) is 0 Å². The Morgan fingerprint density at radius 1 is 1.56 bits per heavy atom. The van der Waals surface area contributed by atoms with Gasteiger partial charge in [0.2, 0.25) is 0 Å². The van der Waals surface area contributed by atoms with Crippen LogP contribution in [-0.4, -0.2) is 36.0 Å². The minimum absolute atomic E-state index is 0.0269. The van der Waals surface area contributed by atoms with E-state index in [9.17, 15) is 4.79 Å². The van der Waals surface area contributed by atoms with Gasteiger partial charge in [-0.1, -0.05) is 0 Å². The van der Waals surface area contributed by atoms with Crippen LogP contribution in [0.3, 0.4) is 0 Å². The number of aryl methyl sites for hydroxylation is 1. The smallest absolute Gasteiger partial charge is 0.264 e. The van der Waals surface area contributed by atoms with E-state index in [1.165, 1.54) is 11.3 Å². The van der Waals surface area contributed by atoms with Gasteiger partial charge in [0.15, 0.2) is 0 Å². The van der Waals surface area contributed by atoms with Crippen molar-refractivity contribution in [1.29, 1.82) is 0 Å². The maximum Gasteiger partial charge on any atom is 0.264 e. The number of carbonyl (C=O) groups excluding carboxylic acids is 1. The Hall–Kier alpha value is -0.870. The molecular weight excluding hydrogens is 220 g/mol. The molecule has 1 aliphatic heterocycles. The largest absolute Gasteiger partial charge is 0.335 e. The van der Waals surface area contributed by atoms with E-state index in [4.69, 9.17) is 0 Å². The molecule has 0 aromatic carbocycles. The molecule has 0 radical (unpaired) electrons. The lowest BCUT2D eigenvalue weighted by Crippen LogP contribution is -2.58. The summed E-state index contributed by atoms with van der Waals surface area (Å²) < 4.78 is 0. The fourth-order valence-corrected chi connectivity index (χ4v) is 2.94. The van der Waals surface area contributed by atoms with Crippen LogP contribution in [0.2, 0.25) is 0 Å². The van der Waals surface area contributed by atoms with E-state index in [1.54, 1.807) is 0 Å². The highest BCUT2D eigenvalue weighted by Gasteiger charge is 2.29. The van der Waals surface area contributed by atoms with Gasteiger partial charge in [-0.25, -0.2) is 0 Å². The van der Waals surface area contributed by atoms with Crippen molar-refractivity contribution < 1.29 is 4.79 Å². The maximum absolute atomic E-state index is 12.3. The molecule has 88 valence electrons. The molecule has 4 heteroatoms. The van der Waals surface area contributed by atoms with Gasteiger partial charge in [-0.15, -0.1) is 11.3 Å². The van der Waals surface area contributed by atoms with E-state index in [1.807, 2.05) is 23.3 Å². The predicted molar refractivity (Wildman–Crippen MR) is 67.0 cm³/mol. The second-order valence-corrected chi connectivity index (χ2v) is 5.89. The van der Waals surface area contributed by atoms with Crippen LogP contribution in [0.1, 0.15) is 29.1 Å². The zero-order chi connectivity index (χ0) is 11.8. The van der Waals surface area contributed by atoms with Gasteiger partial charge in [-0.2, -0.15) is 0 Å². The number of rotatable bonds is 1. The zero-order valence-electron chi connectivity index (χ0n) is 10.0. The first kappa shape index (κ1) is 11.6. The van der Waals surface area contributed by atoms with Gasteiger partial charge in [0.25, 0.3) is 5.91 Å². The fraction of sp³-hybridized carbons (Fsp3) is 0.583. The third-order valence-corrected chi connectivity index (χ3v) is 3.92. The molecule has 1 fully saturated rings. The van der Waals surface area contributed by atoms with Crippen LogP contribution in [-0.2, 0) is 0 Å². The Morgan fingerprint density at radius 3 is 2.88 bits per heavy atom. The van der Waals surface area contributed by atoms with E-state index >= 15 is 0 Å². The Labute approximate surface area is 100 Å². The number of hydrogen-bond donors (Lipinski definition) is 1. The van der Waals surface area contributed by atoms with Crippen molar-refractivity contribution in [3.8, 4) is 0 Å². The van der Waals surface area contributed by atoms with Crippen molar-refractivity contribution in [3.05, 3.63) is 21.9 Å². The highest BCUT2D eigenvalue weighted by molar-refractivity contribution is 7.12. The molecule has 0 atom stereocenters. The van der Waals surface area contributed by atoms with Crippen LogP contribution in [0, 0.1) is 6.92 Å². The molecule has 1 N–H and O–H groups in total. The molecule has 0 saturated carbocycles. The molecule has 0 aliphatic carbocycles. The summed E-state index contributed by atoms with van der Waals surface area (Å²) in [6.07, 6.45) is 0. The number of nitrogens with one attached hydrogen (secondary N) is 1. The standard InChI is InChI=1S/C12H18N2OS/c1-9-4-7-16-10(9)11(15)14-6-5-13-12(2,3)8-14/h4,7,13H,5-6,8H2,1-3H3. The Kier molecular flexibility index (Phi) is 3.04. The summed E-state index contributed by atoms with van der Waals surface area (Å²) in [5, 5.41) is 5.39. The van der Waals surface area contributed by atoms with Crippen molar-refractivity contribution in [2.24, 2.45) is 0 Å². The van der Waals surface area contributed by atoms with E-state index < -0.39 is 0 Å². The van der Waals surface area contributed by atoms with Crippen molar-refractivity contribution >= 4 is 17.2 Å². The van der Waals surface area contributed by atoms with Crippen LogP contribution in [0.4, 0.5) is 0 Å². The molecular formula is C12H18N2OS. The zero-order valence-corrected chi connectivity index (χ0v) is 10.9. The second kappa shape index (κ2) is 4.18. The summed E-state index contributed by atoms with van der Waals surface area (Å²) in [7, 11) is 0. The minimum atomic E-state index is 0.0269. The first-order valence-electron chi connectivity index (χ1n) is 5.58. The molecule has 3 nitrogen and oxygen atoms in total. The quantitative estimate of drug-likeness (QED) is 0.810. The molecule has 1 saturated heterocycles. The molecule has 1 amide bonds. The average molecular weight is 238 g/mol. The summed E-state index contributed by atoms with van der Waals surface area (Å²) in [5.41, 5.74) is 1.12. The number of piperazine rings is 1. The minimum Gasteiger partial charge on any atom is -0.335 e. The Morgan fingerprint density at radius 2 is 2.31 bits per heavy atom. The third-order valence-electron chi connectivity index (χ3n) is 2.91. The van der Waals surface area contributed by atoms with Crippen molar-refractivity contribution in [2.75, 3.05) is 19.6 Å². The summed E-state index contributed by atoms with van der Waals surface area (Å²) >= 11 is 1.54. The van der Waals surface area contributed by atoms with Gasteiger partial charge >= 0.3 is 0 Å². The molecule has 2 heterocycles. The number of amides is 1. The number of nitrogens with zero attached hydrogens (tertiary/aromatic N) is 1. The van der Waals surface area contributed by atoms with Crippen LogP contribution < -0.4 is 5.32 Å². The topological polar surface area (TPSA) is 32.3 Å². The van der Waals surface area contributed by atoms with Gasteiger partial charge in [0, 0.05) is 25.2 Å². The maximum atomic E-state index is 12.3. The van der Waals surface area contributed by atoms with Gasteiger partial charge in [-0.05, 0) is 37.8 Å². The van der Waals surface area contributed by atoms with E-state index in [-0.39, 0.29) is 11.4 Å². The first-order chi connectivity index (χ1) is 7.49. The van der Waals surface area contributed by atoms with E-state index in [0.717, 1.165) is 30.1 Å². The predicted octanol–water partition coefficient (Wildman–Crippen LogP) is 1.88. The molecule has 1 aromatic rings. The van der Waals surface area contributed by atoms with Gasteiger partial charge < -0.3 is 10.2 Å². The summed E-state index contributed by atoms with van der Waals surface area (Å²) in [6.45, 7) is 8.73. The monoisotopic (exact) mass is 238 g/mol. The fourth-order valence-electron chi connectivity index (χ4n) is 2.05. The van der Waals surface area contributed by atoms with Crippen molar-refractivity contribution in [2.45, 2.75) is 26.3 Å². The molecule has 0 unspecified atom stereocenters. The second-order valence-electron chi connectivity index (χ2n) is 4.97. The summed E-state index contributed by atoms with van der Waals surface area (Å²) in [4.78, 5) is 15.1. The summed E-state index contributed by atoms with van der Waals surface area (Å²) in [6, 6.07) is 2.01. The van der Waals surface area contributed by atoms with Crippen LogP contribution in [0.15, 0.2) is 11.4 Å². The lowest BCUT2D eigenvalue weighted by atomic mass is 10.0. The Bertz CT molecular complexity index is 397. The third kappa shape index (κ3) is 2.28. The molecule has 2 rings (SSSR count). The van der Waals surface area contributed by atoms with Crippen LogP contribution in [0.5, 0.6) is 0 Å². The van der Waals surface area contributed by atoms with Crippen molar-refractivity contribution in [3.63, 3.8) is 0 Å². The molecule has 1 aromatic heterocycles. The lowest BCUT2D eigenvalue weighted by Gasteiger charge is -2.39. The van der Waals surface area contributed by atoms with Crippen molar-refractivity contribution in [1.82, 2.24) is 10.2 Å². The van der Waals surface area contributed by atoms with Gasteiger partial charge in [0.05, 0.1) is 4.88 Å². The molecule has 1 aliphatic rings. The average Bonchev–Trinajstić information content (AvgIpc) is 2.62. The molecule has 0 bridgehead atoms. The highest BCUT2D eigenvalue weighted by Crippen LogP contribution is 2.20. The van der Waals surface area contributed by atoms with Crippen LogP contribution >= 0.6 is 11.3 Å². The Balaban J connectivity index is 2.14.